The fourth-order valence-corrected chi connectivity index (χ4v) is 3.96. The monoisotopic (exact) mass is 439 g/mol. The highest BCUT2D eigenvalue weighted by molar-refractivity contribution is 9.10. The van der Waals surface area contributed by atoms with Gasteiger partial charge in [-0.05, 0) is 48.6 Å². The Morgan fingerprint density at radius 3 is 2.43 bits per heavy atom. The minimum absolute atomic E-state index is 0.00369. The van der Waals surface area contributed by atoms with Gasteiger partial charge in [0, 0.05) is 23.8 Å². The number of piperidine rings is 1. The van der Waals surface area contributed by atoms with Gasteiger partial charge in [-0.25, -0.2) is 4.68 Å². The summed E-state index contributed by atoms with van der Waals surface area (Å²) in [7, 11) is 0. The summed E-state index contributed by atoms with van der Waals surface area (Å²) >= 11 is 3.42. The molecule has 1 N–H and O–H groups in total. The molecule has 1 saturated heterocycles. The fourth-order valence-electron chi connectivity index (χ4n) is 3.69. The average Bonchev–Trinajstić information content (AvgIpc) is 3.24. The SMILES string of the molecule is O=C(c1cnn(-c2ccc(Br)cc2)c1)N1CCC(C(O)c2ccccc2)CC1. The summed E-state index contributed by atoms with van der Waals surface area (Å²) in [5.41, 5.74) is 2.44. The molecule has 2 aromatic carbocycles. The van der Waals surface area contributed by atoms with Crippen LogP contribution in [-0.4, -0.2) is 38.8 Å². The number of hydrogen-bond acceptors (Lipinski definition) is 3. The third-order valence-electron chi connectivity index (χ3n) is 5.34. The molecule has 0 spiro atoms. The summed E-state index contributed by atoms with van der Waals surface area (Å²) in [5, 5.41) is 14.9. The maximum absolute atomic E-state index is 12.8. The van der Waals surface area contributed by atoms with Crippen molar-refractivity contribution in [2.45, 2.75) is 18.9 Å². The van der Waals surface area contributed by atoms with Crippen LogP contribution in [0.2, 0.25) is 0 Å². The number of carbonyl (C=O) groups is 1. The zero-order valence-electron chi connectivity index (χ0n) is 15.4. The van der Waals surface area contributed by atoms with E-state index in [-0.39, 0.29) is 11.8 Å². The van der Waals surface area contributed by atoms with Gasteiger partial charge >= 0.3 is 0 Å². The predicted octanol–water partition coefficient (Wildman–Crippen LogP) is 4.22. The van der Waals surface area contributed by atoms with E-state index < -0.39 is 6.10 Å². The molecule has 5 nitrogen and oxygen atoms in total. The van der Waals surface area contributed by atoms with Gasteiger partial charge in [-0.1, -0.05) is 46.3 Å². The molecule has 6 heteroatoms. The Bertz CT molecular complexity index is 932. The van der Waals surface area contributed by atoms with Crippen molar-refractivity contribution in [1.82, 2.24) is 14.7 Å². The number of aromatic nitrogens is 2. The van der Waals surface area contributed by atoms with Crippen LogP contribution >= 0.6 is 15.9 Å². The summed E-state index contributed by atoms with van der Waals surface area (Å²) < 4.78 is 2.71. The normalized spacial score (nSPS) is 16.1. The fraction of sp³-hybridized carbons (Fsp3) is 0.273. The van der Waals surface area contributed by atoms with Crippen molar-refractivity contribution >= 4 is 21.8 Å². The van der Waals surface area contributed by atoms with Crippen molar-refractivity contribution in [3.63, 3.8) is 0 Å². The van der Waals surface area contributed by atoms with Gasteiger partial charge in [0.25, 0.3) is 5.91 Å². The largest absolute Gasteiger partial charge is 0.388 e. The van der Waals surface area contributed by atoms with Crippen LogP contribution in [0.4, 0.5) is 0 Å². The first-order chi connectivity index (χ1) is 13.6. The molecule has 0 radical (unpaired) electrons. The van der Waals surface area contributed by atoms with Crippen LogP contribution in [0.15, 0.2) is 71.5 Å². The first kappa shape index (κ1) is 18.9. The lowest BCUT2D eigenvalue weighted by Crippen LogP contribution is -2.39. The minimum atomic E-state index is -0.474. The summed E-state index contributed by atoms with van der Waals surface area (Å²) in [6.45, 7) is 1.30. The number of benzene rings is 2. The molecule has 2 heterocycles. The van der Waals surface area contributed by atoms with Crippen LogP contribution in [0, 0.1) is 5.92 Å². The molecule has 144 valence electrons. The van der Waals surface area contributed by atoms with Crippen LogP contribution in [0.3, 0.4) is 0 Å². The molecule has 1 aromatic heterocycles. The number of nitrogens with zero attached hydrogens (tertiary/aromatic N) is 3. The standard InChI is InChI=1S/C22H22BrN3O2/c23-19-6-8-20(9-7-19)26-15-18(14-24-26)22(28)25-12-10-17(11-13-25)21(27)16-4-2-1-3-5-16/h1-9,14-15,17,21,27H,10-13H2. The number of aliphatic hydroxyl groups excluding tert-OH is 1. The van der Waals surface area contributed by atoms with Crippen LogP contribution in [-0.2, 0) is 0 Å². The van der Waals surface area contributed by atoms with E-state index in [4.69, 9.17) is 0 Å². The molecule has 1 aliphatic heterocycles. The molecular formula is C22H22BrN3O2. The lowest BCUT2D eigenvalue weighted by Gasteiger charge is -2.34. The van der Waals surface area contributed by atoms with E-state index in [0.717, 1.165) is 28.6 Å². The third kappa shape index (κ3) is 4.03. The Labute approximate surface area is 172 Å². The second kappa shape index (κ2) is 8.29. The van der Waals surface area contributed by atoms with Gasteiger partial charge < -0.3 is 10.0 Å². The molecule has 1 amide bonds. The first-order valence-electron chi connectivity index (χ1n) is 9.45. The molecule has 1 unspecified atom stereocenters. The number of likely N-dealkylation sites (tertiary alicyclic amines) is 1. The predicted molar refractivity (Wildman–Crippen MR) is 111 cm³/mol. The van der Waals surface area contributed by atoms with Crippen molar-refractivity contribution in [3.05, 3.63) is 82.6 Å². The molecule has 1 atom stereocenters. The highest BCUT2D eigenvalue weighted by Crippen LogP contribution is 2.31. The zero-order chi connectivity index (χ0) is 19.5. The van der Waals surface area contributed by atoms with Gasteiger partial charge in [-0.3, -0.25) is 4.79 Å². The minimum Gasteiger partial charge on any atom is -0.388 e. The lowest BCUT2D eigenvalue weighted by atomic mass is 9.87. The molecule has 4 rings (SSSR count). The number of amides is 1. The smallest absolute Gasteiger partial charge is 0.257 e. The zero-order valence-corrected chi connectivity index (χ0v) is 17.0. The third-order valence-corrected chi connectivity index (χ3v) is 5.86. The van der Waals surface area contributed by atoms with Crippen molar-refractivity contribution in [3.8, 4) is 5.69 Å². The van der Waals surface area contributed by atoms with E-state index in [9.17, 15) is 9.90 Å². The van der Waals surface area contributed by atoms with E-state index >= 15 is 0 Å². The van der Waals surface area contributed by atoms with Gasteiger partial charge in [0.15, 0.2) is 0 Å². The van der Waals surface area contributed by atoms with Gasteiger partial charge in [0.1, 0.15) is 0 Å². The van der Waals surface area contributed by atoms with Crippen molar-refractivity contribution in [2.24, 2.45) is 5.92 Å². The topological polar surface area (TPSA) is 58.4 Å². The maximum atomic E-state index is 12.8. The number of hydrogen-bond donors (Lipinski definition) is 1. The highest BCUT2D eigenvalue weighted by atomic mass is 79.9. The van der Waals surface area contributed by atoms with E-state index in [1.807, 2.05) is 59.5 Å². The molecule has 3 aromatic rings. The average molecular weight is 440 g/mol. The summed E-state index contributed by atoms with van der Waals surface area (Å²) in [5.74, 6) is 0.174. The number of carbonyl (C=O) groups excluding carboxylic acids is 1. The van der Waals surface area contributed by atoms with Gasteiger partial charge in [0.2, 0.25) is 0 Å². The van der Waals surface area contributed by atoms with Crippen molar-refractivity contribution in [2.75, 3.05) is 13.1 Å². The van der Waals surface area contributed by atoms with E-state index in [1.54, 1.807) is 17.1 Å². The molecule has 1 fully saturated rings. The van der Waals surface area contributed by atoms with Gasteiger partial charge in [-0.15, -0.1) is 0 Å². The quantitative estimate of drug-likeness (QED) is 0.661. The first-order valence-corrected chi connectivity index (χ1v) is 10.2. The van der Waals surface area contributed by atoms with E-state index in [0.29, 0.717) is 18.7 Å². The van der Waals surface area contributed by atoms with E-state index in [1.165, 1.54) is 0 Å². The Kier molecular flexibility index (Phi) is 5.59. The number of halogens is 1. The van der Waals surface area contributed by atoms with Crippen LogP contribution in [0.25, 0.3) is 5.69 Å². The maximum Gasteiger partial charge on any atom is 0.257 e. The Hall–Kier alpha value is -2.44. The van der Waals surface area contributed by atoms with Gasteiger partial charge in [-0.2, -0.15) is 5.10 Å². The van der Waals surface area contributed by atoms with Crippen LogP contribution in [0.1, 0.15) is 34.9 Å². The molecule has 0 saturated carbocycles. The second-order valence-corrected chi connectivity index (χ2v) is 8.05. The molecule has 28 heavy (non-hydrogen) atoms. The van der Waals surface area contributed by atoms with Crippen molar-refractivity contribution in [1.29, 1.82) is 0 Å². The Morgan fingerprint density at radius 2 is 1.75 bits per heavy atom. The summed E-state index contributed by atoms with van der Waals surface area (Å²) in [6.07, 6.45) is 4.51. The summed E-state index contributed by atoms with van der Waals surface area (Å²) in [4.78, 5) is 14.7. The van der Waals surface area contributed by atoms with E-state index in [2.05, 4.69) is 21.0 Å². The molecule has 0 bridgehead atoms. The highest BCUT2D eigenvalue weighted by Gasteiger charge is 2.29. The number of aliphatic hydroxyl groups is 1. The molecular weight excluding hydrogens is 418 g/mol. The Morgan fingerprint density at radius 1 is 1.07 bits per heavy atom. The molecule has 1 aliphatic rings. The van der Waals surface area contributed by atoms with Crippen LogP contribution < -0.4 is 0 Å². The second-order valence-electron chi connectivity index (χ2n) is 7.14. The lowest BCUT2D eigenvalue weighted by molar-refractivity contribution is 0.0462. The number of rotatable bonds is 4. The van der Waals surface area contributed by atoms with Crippen LogP contribution in [0.5, 0.6) is 0 Å². The van der Waals surface area contributed by atoms with Gasteiger partial charge in [0.05, 0.1) is 23.6 Å². The Balaban J connectivity index is 1.38. The molecule has 0 aliphatic carbocycles. The van der Waals surface area contributed by atoms with Crippen molar-refractivity contribution < 1.29 is 9.90 Å². The summed E-state index contributed by atoms with van der Waals surface area (Å²) in [6, 6.07) is 17.5.